The molecule has 76 valence electrons. The van der Waals surface area contributed by atoms with Crippen molar-refractivity contribution in [2.24, 2.45) is 0 Å². The molecular weight excluding hydrogens is 212 g/mol. The van der Waals surface area contributed by atoms with Crippen LogP contribution in [0.1, 0.15) is 0 Å². The van der Waals surface area contributed by atoms with Gasteiger partial charge in [0.2, 0.25) is 5.28 Å². The van der Waals surface area contributed by atoms with Crippen LogP contribution in [0.3, 0.4) is 0 Å². The lowest BCUT2D eigenvalue weighted by molar-refractivity contribution is 0.415. The quantitative estimate of drug-likeness (QED) is 0.730. The first-order chi connectivity index (χ1) is 7.29. The molecule has 1 aromatic heterocycles. The van der Waals surface area contributed by atoms with Gasteiger partial charge in [0.05, 0.1) is 12.8 Å². The molecule has 0 unspecified atom stereocenters. The van der Waals surface area contributed by atoms with Gasteiger partial charge in [-0.15, -0.1) is 0 Å². The van der Waals surface area contributed by atoms with Crippen molar-refractivity contribution in [2.45, 2.75) is 0 Å². The number of nitrogens with zero attached hydrogens (tertiary/aromatic N) is 2. The molecule has 0 aliphatic heterocycles. The van der Waals surface area contributed by atoms with Crippen LogP contribution >= 0.6 is 11.6 Å². The van der Waals surface area contributed by atoms with E-state index in [-0.39, 0.29) is 5.28 Å². The third-order valence-electron chi connectivity index (χ3n) is 1.99. The van der Waals surface area contributed by atoms with Crippen molar-refractivity contribution in [2.75, 3.05) is 7.11 Å². The fraction of sp³-hybridized carbons (Fsp3) is 0.0909. The van der Waals surface area contributed by atoms with Gasteiger partial charge in [0.1, 0.15) is 5.75 Å². The second-order valence-electron chi connectivity index (χ2n) is 2.94. The van der Waals surface area contributed by atoms with Crippen molar-refractivity contribution in [1.82, 2.24) is 9.97 Å². The molecule has 15 heavy (non-hydrogen) atoms. The number of aromatic nitrogens is 2. The number of hydrogen-bond acceptors (Lipinski definition) is 3. The van der Waals surface area contributed by atoms with Crippen LogP contribution in [-0.4, -0.2) is 17.1 Å². The highest BCUT2D eigenvalue weighted by molar-refractivity contribution is 6.28. The Hall–Kier alpha value is -1.61. The summed E-state index contributed by atoms with van der Waals surface area (Å²) < 4.78 is 5.13. The molecule has 0 aliphatic rings. The predicted molar refractivity (Wildman–Crippen MR) is 59.0 cm³/mol. The standard InChI is InChI=1S/C11H9ClN2O/c1-15-9-4-2-3-8(7-9)10-5-6-13-11(12)14-10/h2-7H,1H3. The van der Waals surface area contributed by atoms with Gasteiger partial charge in [-0.3, -0.25) is 0 Å². The SMILES string of the molecule is COc1cccc(-c2ccnc(Cl)n2)c1. The van der Waals surface area contributed by atoms with E-state index in [0.29, 0.717) is 0 Å². The van der Waals surface area contributed by atoms with Crippen molar-refractivity contribution < 1.29 is 4.74 Å². The third kappa shape index (κ3) is 2.25. The summed E-state index contributed by atoms with van der Waals surface area (Å²) >= 11 is 5.71. The van der Waals surface area contributed by atoms with E-state index in [9.17, 15) is 0 Å². The maximum Gasteiger partial charge on any atom is 0.222 e. The maximum absolute atomic E-state index is 5.71. The van der Waals surface area contributed by atoms with Gasteiger partial charge in [-0.05, 0) is 29.8 Å². The van der Waals surface area contributed by atoms with Crippen molar-refractivity contribution in [3.63, 3.8) is 0 Å². The van der Waals surface area contributed by atoms with Crippen molar-refractivity contribution in [3.8, 4) is 17.0 Å². The van der Waals surface area contributed by atoms with E-state index in [1.165, 1.54) is 0 Å². The molecule has 0 spiro atoms. The van der Waals surface area contributed by atoms with Gasteiger partial charge in [0.15, 0.2) is 0 Å². The lowest BCUT2D eigenvalue weighted by atomic mass is 10.1. The van der Waals surface area contributed by atoms with Crippen molar-refractivity contribution in [1.29, 1.82) is 0 Å². The highest BCUT2D eigenvalue weighted by atomic mass is 35.5. The molecule has 0 N–H and O–H groups in total. The van der Waals surface area contributed by atoms with Crippen LogP contribution in [0.15, 0.2) is 36.5 Å². The van der Waals surface area contributed by atoms with Crippen LogP contribution in [0.2, 0.25) is 5.28 Å². The summed E-state index contributed by atoms with van der Waals surface area (Å²) in [6.45, 7) is 0. The lowest BCUT2D eigenvalue weighted by Crippen LogP contribution is -1.88. The zero-order valence-electron chi connectivity index (χ0n) is 8.14. The van der Waals surface area contributed by atoms with Gasteiger partial charge in [-0.2, -0.15) is 0 Å². The molecular formula is C11H9ClN2O. The molecule has 0 aliphatic carbocycles. The van der Waals surface area contributed by atoms with Gasteiger partial charge in [-0.25, -0.2) is 9.97 Å². The Morgan fingerprint density at radius 1 is 1.27 bits per heavy atom. The molecule has 0 bridgehead atoms. The van der Waals surface area contributed by atoms with Gasteiger partial charge in [0.25, 0.3) is 0 Å². The minimum absolute atomic E-state index is 0.246. The summed E-state index contributed by atoms with van der Waals surface area (Å²) in [4.78, 5) is 7.95. The number of rotatable bonds is 2. The summed E-state index contributed by atoms with van der Waals surface area (Å²) in [6, 6.07) is 9.44. The van der Waals surface area contributed by atoms with Gasteiger partial charge >= 0.3 is 0 Å². The minimum Gasteiger partial charge on any atom is -0.497 e. The summed E-state index contributed by atoms with van der Waals surface area (Å²) in [6.07, 6.45) is 1.63. The van der Waals surface area contributed by atoms with Crippen LogP contribution in [0.4, 0.5) is 0 Å². The molecule has 0 fully saturated rings. The predicted octanol–water partition coefficient (Wildman–Crippen LogP) is 2.81. The highest BCUT2D eigenvalue weighted by Gasteiger charge is 2.01. The second-order valence-corrected chi connectivity index (χ2v) is 3.28. The largest absolute Gasteiger partial charge is 0.497 e. The monoisotopic (exact) mass is 220 g/mol. The van der Waals surface area contributed by atoms with Crippen LogP contribution < -0.4 is 4.74 Å². The Balaban J connectivity index is 2.44. The summed E-state index contributed by atoms with van der Waals surface area (Å²) in [5.41, 5.74) is 1.74. The fourth-order valence-electron chi connectivity index (χ4n) is 1.28. The Kier molecular flexibility index (Phi) is 2.83. The second kappa shape index (κ2) is 4.28. The van der Waals surface area contributed by atoms with Crippen LogP contribution in [0.5, 0.6) is 5.75 Å². The number of halogens is 1. The lowest BCUT2D eigenvalue weighted by Gasteiger charge is -2.03. The topological polar surface area (TPSA) is 35.0 Å². The number of methoxy groups -OCH3 is 1. The number of hydrogen-bond donors (Lipinski definition) is 0. The Morgan fingerprint density at radius 2 is 2.13 bits per heavy atom. The third-order valence-corrected chi connectivity index (χ3v) is 2.17. The normalized spacial score (nSPS) is 10.0. The van der Waals surface area contributed by atoms with E-state index in [4.69, 9.17) is 16.3 Å². The fourth-order valence-corrected chi connectivity index (χ4v) is 1.43. The Morgan fingerprint density at radius 3 is 2.87 bits per heavy atom. The molecule has 3 nitrogen and oxygen atoms in total. The van der Waals surface area contributed by atoms with E-state index < -0.39 is 0 Å². The van der Waals surface area contributed by atoms with Crippen LogP contribution in [0, 0.1) is 0 Å². The molecule has 2 rings (SSSR count). The summed E-state index contributed by atoms with van der Waals surface area (Å²) in [5.74, 6) is 0.794. The minimum atomic E-state index is 0.246. The first-order valence-electron chi connectivity index (χ1n) is 4.42. The molecule has 0 saturated carbocycles. The van der Waals surface area contributed by atoms with Crippen molar-refractivity contribution >= 4 is 11.6 Å². The molecule has 0 atom stereocenters. The Bertz CT molecular complexity index is 474. The molecule has 0 amide bonds. The molecule has 1 aromatic carbocycles. The van der Waals surface area contributed by atoms with Crippen LogP contribution in [0.25, 0.3) is 11.3 Å². The number of ether oxygens (including phenoxy) is 1. The van der Waals surface area contributed by atoms with Gasteiger partial charge in [-0.1, -0.05) is 12.1 Å². The first-order valence-corrected chi connectivity index (χ1v) is 4.80. The Labute approximate surface area is 92.7 Å². The van der Waals surface area contributed by atoms with Gasteiger partial charge in [0, 0.05) is 11.8 Å². The number of benzene rings is 1. The van der Waals surface area contributed by atoms with E-state index in [1.807, 2.05) is 24.3 Å². The molecule has 1 heterocycles. The highest BCUT2D eigenvalue weighted by Crippen LogP contribution is 2.22. The zero-order chi connectivity index (χ0) is 10.7. The van der Waals surface area contributed by atoms with E-state index >= 15 is 0 Å². The first kappa shape index (κ1) is 9.93. The molecule has 0 saturated heterocycles. The average molecular weight is 221 g/mol. The average Bonchev–Trinajstić information content (AvgIpc) is 2.29. The maximum atomic E-state index is 5.71. The summed E-state index contributed by atoms with van der Waals surface area (Å²) in [5, 5.41) is 0.246. The molecule has 2 aromatic rings. The van der Waals surface area contributed by atoms with E-state index in [1.54, 1.807) is 19.4 Å². The van der Waals surface area contributed by atoms with Gasteiger partial charge < -0.3 is 4.74 Å². The van der Waals surface area contributed by atoms with E-state index in [2.05, 4.69) is 9.97 Å². The van der Waals surface area contributed by atoms with Crippen molar-refractivity contribution in [3.05, 3.63) is 41.8 Å². The summed E-state index contributed by atoms with van der Waals surface area (Å²) in [7, 11) is 1.63. The zero-order valence-corrected chi connectivity index (χ0v) is 8.90. The smallest absolute Gasteiger partial charge is 0.222 e. The molecule has 0 radical (unpaired) electrons. The van der Waals surface area contributed by atoms with E-state index in [0.717, 1.165) is 17.0 Å². The van der Waals surface area contributed by atoms with Crippen LogP contribution in [-0.2, 0) is 0 Å². The molecule has 4 heteroatoms.